The number of sulfone groups is 1. The van der Waals surface area contributed by atoms with Gasteiger partial charge in [0, 0.05) is 14.7 Å². The lowest BCUT2D eigenvalue weighted by Crippen LogP contribution is -2.05. The van der Waals surface area contributed by atoms with Crippen LogP contribution in [0.2, 0.25) is 10.0 Å². The van der Waals surface area contributed by atoms with Crippen molar-refractivity contribution >= 4 is 60.4 Å². The summed E-state index contributed by atoms with van der Waals surface area (Å²) in [4.78, 5) is 11.1. The molecular weight excluding hydrogens is 403 g/mol. The van der Waals surface area contributed by atoms with E-state index in [1.54, 1.807) is 29.6 Å². The van der Waals surface area contributed by atoms with Crippen molar-refractivity contribution in [1.29, 1.82) is 0 Å². The first-order chi connectivity index (χ1) is 11.8. The lowest BCUT2D eigenvalue weighted by Gasteiger charge is -2.07. The van der Waals surface area contributed by atoms with Crippen LogP contribution in [0.4, 0.5) is 0 Å². The van der Waals surface area contributed by atoms with Crippen molar-refractivity contribution in [3.8, 4) is 0 Å². The second kappa shape index (κ2) is 6.96. The lowest BCUT2D eigenvalue weighted by molar-refractivity contribution is -0.136. The minimum Gasteiger partial charge on any atom is -0.481 e. The summed E-state index contributed by atoms with van der Waals surface area (Å²) in [5, 5.41) is 12.2. The van der Waals surface area contributed by atoms with Crippen LogP contribution in [0.15, 0.2) is 46.7 Å². The van der Waals surface area contributed by atoms with E-state index in [-0.39, 0.29) is 17.1 Å². The number of hydrogen-bond donors (Lipinski definition) is 1. The highest BCUT2D eigenvalue weighted by atomic mass is 35.5. The molecule has 4 nitrogen and oxygen atoms in total. The number of aliphatic carboxylic acids is 1. The van der Waals surface area contributed by atoms with Crippen LogP contribution in [0.5, 0.6) is 0 Å². The van der Waals surface area contributed by atoms with Gasteiger partial charge in [-0.3, -0.25) is 4.79 Å². The Morgan fingerprint density at radius 1 is 1.08 bits per heavy atom. The van der Waals surface area contributed by atoms with E-state index in [0.717, 1.165) is 10.1 Å². The summed E-state index contributed by atoms with van der Waals surface area (Å²) in [6.07, 6.45) is -0.0908. The van der Waals surface area contributed by atoms with Crippen molar-refractivity contribution in [3.63, 3.8) is 0 Å². The van der Waals surface area contributed by atoms with E-state index in [1.165, 1.54) is 23.5 Å². The standard InChI is InChI=1S/C17H12Cl2O4S2/c18-12-2-1-10(15(19)6-12)9-25(22,23)13-3-4-14-11(5-17(20)21)8-24-16(14)7-13/h1-4,6-8H,5,9H2,(H,20,21). The molecule has 3 rings (SSSR count). The third kappa shape index (κ3) is 3.98. The molecule has 1 N–H and O–H groups in total. The molecule has 0 saturated heterocycles. The van der Waals surface area contributed by atoms with Gasteiger partial charge in [0.05, 0.1) is 17.1 Å². The number of fused-ring (bicyclic) bond motifs is 1. The molecule has 0 amide bonds. The van der Waals surface area contributed by atoms with Crippen LogP contribution in [0.25, 0.3) is 10.1 Å². The fraction of sp³-hybridized carbons (Fsp3) is 0.118. The summed E-state index contributed by atoms with van der Waals surface area (Å²) >= 11 is 13.2. The van der Waals surface area contributed by atoms with Crippen LogP contribution in [-0.2, 0) is 26.8 Å². The molecule has 0 aliphatic heterocycles. The molecule has 0 aliphatic carbocycles. The summed E-state index contributed by atoms with van der Waals surface area (Å²) in [5.41, 5.74) is 1.15. The second-order valence-corrected chi connectivity index (χ2v) is 9.23. The van der Waals surface area contributed by atoms with E-state index in [4.69, 9.17) is 28.3 Å². The van der Waals surface area contributed by atoms with E-state index < -0.39 is 15.8 Å². The quantitative estimate of drug-likeness (QED) is 0.649. The van der Waals surface area contributed by atoms with Gasteiger partial charge in [-0.25, -0.2) is 8.42 Å². The molecule has 2 aromatic carbocycles. The van der Waals surface area contributed by atoms with Crippen molar-refractivity contribution in [3.05, 3.63) is 63.0 Å². The van der Waals surface area contributed by atoms with Crippen LogP contribution in [0.1, 0.15) is 11.1 Å². The minimum absolute atomic E-state index is 0.0908. The number of rotatable bonds is 5. The maximum Gasteiger partial charge on any atom is 0.307 e. The van der Waals surface area contributed by atoms with Gasteiger partial charge in [0.25, 0.3) is 0 Å². The number of benzene rings is 2. The van der Waals surface area contributed by atoms with Gasteiger partial charge in [-0.1, -0.05) is 35.3 Å². The Morgan fingerprint density at radius 3 is 2.52 bits per heavy atom. The molecular formula is C17H12Cl2O4S2. The fourth-order valence-electron chi connectivity index (χ4n) is 2.48. The van der Waals surface area contributed by atoms with E-state index in [0.29, 0.717) is 21.2 Å². The minimum atomic E-state index is -3.59. The van der Waals surface area contributed by atoms with Gasteiger partial charge in [0.1, 0.15) is 0 Å². The fourth-order valence-corrected chi connectivity index (χ4v) is 5.51. The number of carboxylic acid groups (broad SMARTS) is 1. The Bertz CT molecular complexity index is 1070. The Hall–Kier alpha value is -1.60. The van der Waals surface area contributed by atoms with E-state index in [2.05, 4.69) is 0 Å². The van der Waals surface area contributed by atoms with Gasteiger partial charge >= 0.3 is 5.97 Å². The largest absolute Gasteiger partial charge is 0.481 e. The van der Waals surface area contributed by atoms with E-state index >= 15 is 0 Å². The SMILES string of the molecule is O=C(O)Cc1csc2cc(S(=O)(=O)Cc3ccc(Cl)cc3Cl)ccc12. The monoisotopic (exact) mass is 414 g/mol. The van der Waals surface area contributed by atoms with E-state index in [9.17, 15) is 13.2 Å². The Kier molecular flexibility index (Phi) is 5.06. The number of carbonyl (C=O) groups is 1. The van der Waals surface area contributed by atoms with Gasteiger partial charge < -0.3 is 5.11 Å². The maximum absolute atomic E-state index is 12.7. The van der Waals surface area contributed by atoms with Crippen LogP contribution in [0.3, 0.4) is 0 Å². The van der Waals surface area contributed by atoms with Crippen LogP contribution in [0, 0.1) is 0 Å². The summed E-state index contributed by atoms with van der Waals surface area (Å²) in [6.45, 7) is 0. The summed E-state index contributed by atoms with van der Waals surface area (Å²) in [7, 11) is -3.59. The zero-order valence-corrected chi connectivity index (χ0v) is 15.8. The predicted octanol–water partition coefficient (Wildman–Crippen LogP) is 4.81. The molecule has 25 heavy (non-hydrogen) atoms. The second-order valence-electron chi connectivity index (χ2n) is 5.48. The molecule has 0 fully saturated rings. The molecule has 8 heteroatoms. The van der Waals surface area contributed by atoms with Crippen molar-refractivity contribution in [2.45, 2.75) is 17.1 Å². The predicted molar refractivity (Wildman–Crippen MR) is 101 cm³/mol. The van der Waals surface area contributed by atoms with Crippen LogP contribution in [-0.4, -0.2) is 19.5 Å². The van der Waals surface area contributed by atoms with Gasteiger partial charge in [0.2, 0.25) is 0 Å². The molecule has 0 aliphatic rings. The summed E-state index contributed by atoms with van der Waals surface area (Å²) in [5.74, 6) is -1.16. The van der Waals surface area contributed by atoms with E-state index in [1.807, 2.05) is 0 Å². The molecule has 0 unspecified atom stereocenters. The highest BCUT2D eigenvalue weighted by Crippen LogP contribution is 2.31. The Morgan fingerprint density at radius 2 is 1.84 bits per heavy atom. The molecule has 1 heterocycles. The number of carboxylic acids is 1. The number of hydrogen-bond acceptors (Lipinski definition) is 4. The van der Waals surface area contributed by atoms with Gasteiger partial charge in [-0.2, -0.15) is 0 Å². The zero-order chi connectivity index (χ0) is 18.2. The average Bonchev–Trinajstić information content (AvgIpc) is 2.92. The maximum atomic E-state index is 12.7. The van der Waals surface area contributed by atoms with Crippen molar-refractivity contribution < 1.29 is 18.3 Å². The molecule has 0 saturated carbocycles. The zero-order valence-electron chi connectivity index (χ0n) is 12.7. The smallest absolute Gasteiger partial charge is 0.307 e. The average molecular weight is 415 g/mol. The number of thiophene rings is 1. The molecule has 0 spiro atoms. The van der Waals surface area contributed by atoms with Gasteiger partial charge in [-0.05, 0) is 46.2 Å². The highest BCUT2D eigenvalue weighted by Gasteiger charge is 2.19. The van der Waals surface area contributed by atoms with Crippen molar-refractivity contribution in [1.82, 2.24) is 0 Å². The molecule has 3 aromatic rings. The third-order valence-corrected chi connectivity index (χ3v) is 6.93. The highest BCUT2D eigenvalue weighted by molar-refractivity contribution is 7.90. The molecule has 0 radical (unpaired) electrons. The first-order valence-electron chi connectivity index (χ1n) is 7.15. The number of halogens is 2. The van der Waals surface area contributed by atoms with Gasteiger partial charge in [-0.15, -0.1) is 11.3 Å². The molecule has 0 bridgehead atoms. The normalized spacial score (nSPS) is 11.8. The van der Waals surface area contributed by atoms with Gasteiger partial charge in [0.15, 0.2) is 9.84 Å². The van der Waals surface area contributed by atoms with Crippen LogP contribution < -0.4 is 0 Å². The first-order valence-corrected chi connectivity index (χ1v) is 10.4. The lowest BCUT2D eigenvalue weighted by atomic mass is 10.1. The Labute approximate surface area is 158 Å². The molecule has 0 atom stereocenters. The van der Waals surface area contributed by atoms with Crippen molar-refractivity contribution in [2.24, 2.45) is 0 Å². The first kappa shape index (κ1) is 18.2. The van der Waals surface area contributed by atoms with Crippen molar-refractivity contribution in [2.75, 3.05) is 0 Å². The Balaban J connectivity index is 1.95. The summed E-state index contributed by atoms with van der Waals surface area (Å²) in [6, 6.07) is 9.43. The molecule has 130 valence electrons. The summed E-state index contributed by atoms with van der Waals surface area (Å²) < 4.78 is 26.1. The molecule has 1 aromatic heterocycles. The third-order valence-electron chi connectivity index (χ3n) is 3.69. The topological polar surface area (TPSA) is 71.4 Å². The van der Waals surface area contributed by atoms with Crippen LogP contribution >= 0.6 is 34.5 Å².